The summed E-state index contributed by atoms with van der Waals surface area (Å²) >= 11 is 0. The highest BCUT2D eigenvalue weighted by Crippen LogP contribution is 2.17. The second-order valence-electron chi connectivity index (χ2n) is 3.77. The Bertz CT molecular complexity index is 472. The Morgan fingerprint density at radius 3 is 2.16 bits per heavy atom. The van der Waals surface area contributed by atoms with Gasteiger partial charge in [0.2, 0.25) is 5.76 Å². The molecule has 0 aliphatic rings. The van der Waals surface area contributed by atoms with Crippen molar-refractivity contribution in [3.8, 4) is 0 Å². The van der Waals surface area contributed by atoms with E-state index in [9.17, 15) is 13.6 Å². The van der Waals surface area contributed by atoms with E-state index in [2.05, 4.69) is 0 Å². The van der Waals surface area contributed by atoms with E-state index < -0.39 is 17.6 Å². The summed E-state index contributed by atoms with van der Waals surface area (Å²) < 4.78 is 36.7. The lowest BCUT2D eigenvalue weighted by Gasteiger charge is -2.08. The summed E-state index contributed by atoms with van der Waals surface area (Å²) in [6.07, 6.45) is 1.26. The molecule has 0 saturated heterocycles. The highest BCUT2D eigenvalue weighted by molar-refractivity contribution is 5.91. The largest absolute Gasteiger partial charge is 0.487 e. The van der Waals surface area contributed by atoms with Crippen LogP contribution in [0.1, 0.15) is 25.0 Å². The fourth-order valence-electron chi connectivity index (χ4n) is 1.42. The van der Waals surface area contributed by atoms with Gasteiger partial charge >= 0.3 is 5.97 Å². The molecule has 0 heterocycles. The topological polar surface area (TPSA) is 35.5 Å². The quantitative estimate of drug-likeness (QED) is 0.468. The molecular weight excluding hydrogens is 254 g/mol. The Labute approximate surface area is 110 Å². The number of rotatable bonds is 5. The van der Waals surface area contributed by atoms with E-state index in [0.717, 1.165) is 12.1 Å². The lowest BCUT2D eigenvalue weighted by molar-refractivity contribution is -0.142. The second-order valence-corrected chi connectivity index (χ2v) is 3.77. The molecule has 0 aromatic heterocycles. The molecule has 0 radical (unpaired) electrons. The Balaban J connectivity index is 3.11. The minimum Gasteiger partial charge on any atom is -0.487 e. The summed E-state index contributed by atoms with van der Waals surface area (Å²) in [6, 6.07) is 2.27. The van der Waals surface area contributed by atoms with Gasteiger partial charge in [0.1, 0.15) is 11.6 Å². The predicted molar refractivity (Wildman–Crippen MR) is 67.3 cm³/mol. The summed E-state index contributed by atoms with van der Waals surface area (Å²) in [6.45, 7) is 5.14. The van der Waals surface area contributed by atoms with Gasteiger partial charge < -0.3 is 9.47 Å². The number of ether oxygens (including phenoxy) is 2. The van der Waals surface area contributed by atoms with Gasteiger partial charge in [0.25, 0.3) is 0 Å². The second kappa shape index (κ2) is 6.87. The standard InChI is InChI=1S/C14H16F2O3/c1-4-18-13(14(17)19-5-2)8-10-6-11(15)9(3)12(16)7-10/h6-8H,4-5H2,1-3H3/b13-8-. The van der Waals surface area contributed by atoms with Crippen LogP contribution < -0.4 is 0 Å². The molecule has 1 aromatic carbocycles. The van der Waals surface area contributed by atoms with Gasteiger partial charge in [-0.2, -0.15) is 0 Å². The van der Waals surface area contributed by atoms with Gasteiger partial charge in [-0.25, -0.2) is 13.6 Å². The number of esters is 1. The third-order valence-electron chi connectivity index (χ3n) is 2.38. The van der Waals surface area contributed by atoms with Crippen LogP contribution in [0.4, 0.5) is 8.78 Å². The van der Waals surface area contributed by atoms with Crippen LogP contribution in [0, 0.1) is 18.6 Å². The third-order valence-corrected chi connectivity index (χ3v) is 2.38. The molecule has 0 N–H and O–H groups in total. The van der Waals surface area contributed by atoms with Crippen molar-refractivity contribution in [1.82, 2.24) is 0 Å². The minimum absolute atomic E-state index is 0.0637. The first kappa shape index (κ1) is 15.1. The van der Waals surface area contributed by atoms with Gasteiger partial charge in [0, 0.05) is 5.56 Å². The molecule has 0 amide bonds. The Morgan fingerprint density at radius 1 is 1.16 bits per heavy atom. The highest BCUT2D eigenvalue weighted by Gasteiger charge is 2.13. The molecule has 1 rings (SSSR count). The molecule has 0 aliphatic carbocycles. The van der Waals surface area contributed by atoms with Gasteiger partial charge in [-0.3, -0.25) is 0 Å². The molecule has 104 valence electrons. The molecule has 1 aromatic rings. The molecule has 3 nitrogen and oxygen atoms in total. The van der Waals surface area contributed by atoms with Crippen molar-refractivity contribution in [2.24, 2.45) is 0 Å². The zero-order valence-corrected chi connectivity index (χ0v) is 11.1. The first-order chi connectivity index (χ1) is 8.99. The molecule has 0 spiro atoms. The van der Waals surface area contributed by atoms with Gasteiger partial charge in [-0.1, -0.05) is 0 Å². The zero-order valence-electron chi connectivity index (χ0n) is 11.1. The molecule has 0 unspecified atom stereocenters. The molecule has 19 heavy (non-hydrogen) atoms. The molecule has 5 heteroatoms. The van der Waals surface area contributed by atoms with Crippen LogP contribution in [-0.4, -0.2) is 19.2 Å². The van der Waals surface area contributed by atoms with Crippen LogP contribution in [-0.2, 0) is 14.3 Å². The van der Waals surface area contributed by atoms with Gasteiger partial charge in [-0.05, 0) is 44.5 Å². The van der Waals surface area contributed by atoms with Crippen LogP contribution in [0.25, 0.3) is 6.08 Å². The number of halogens is 2. The monoisotopic (exact) mass is 270 g/mol. The van der Waals surface area contributed by atoms with Crippen LogP contribution in [0.15, 0.2) is 17.9 Å². The van der Waals surface area contributed by atoms with Crippen LogP contribution in [0.2, 0.25) is 0 Å². The molecule has 0 atom stereocenters. The van der Waals surface area contributed by atoms with Crippen LogP contribution in [0.5, 0.6) is 0 Å². The molecule has 0 fully saturated rings. The lowest BCUT2D eigenvalue weighted by Crippen LogP contribution is -2.10. The number of benzene rings is 1. The highest BCUT2D eigenvalue weighted by atomic mass is 19.1. The first-order valence-corrected chi connectivity index (χ1v) is 5.96. The zero-order chi connectivity index (χ0) is 14.4. The summed E-state index contributed by atoms with van der Waals surface area (Å²) in [5, 5.41) is 0. The lowest BCUT2D eigenvalue weighted by atomic mass is 10.1. The Hall–Kier alpha value is -1.91. The van der Waals surface area contributed by atoms with E-state index in [0.29, 0.717) is 0 Å². The Kier molecular flexibility index (Phi) is 5.48. The van der Waals surface area contributed by atoms with E-state index in [4.69, 9.17) is 9.47 Å². The summed E-state index contributed by atoms with van der Waals surface area (Å²) in [4.78, 5) is 11.6. The summed E-state index contributed by atoms with van der Waals surface area (Å²) in [5.41, 5.74) is 0.142. The van der Waals surface area contributed by atoms with Crippen molar-refractivity contribution in [3.63, 3.8) is 0 Å². The normalized spacial score (nSPS) is 11.3. The molecule has 0 aliphatic heterocycles. The fraction of sp³-hybridized carbons (Fsp3) is 0.357. The first-order valence-electron chi connectivity index (χ1n) is 5.96. The van der Waals surface area contributed by atoms with E-state index in [1.54, 1.807) is 13.8 Å². The predicted octanol–water partition coefficient (Wildman–Crippen LogP) is 3.21. The third kappa shape index (κ3) is 4.05. The van der Waals surface area contributed by atoms with Crippen molar-refractivity contribution in [3.05, 3.63) is 40.7 Å². The average Bonchev–Trinajstić information content (AvgIpc) is 2.35. The van der Waals surface area contributed by atoms with Crippen molar-refractivity contribution in [2.45, 2.75) is 20.8 Å². The summed E-state index contributed by atoms with van der Waals surface area (Å²) in [7, 11) is 0. The van der Waals surface area contributed by atoms with Crippen molar-refractivity contribution in [2.75, 3.05) is 13.2 Å². The fourth-order valence-corrected chi connectivity index (χ4v) is 1.42. The Morgan fingerprint density at radius 2 is 1.68 bits per heavy atom. The number of carbonyl (C=O) groups is 1. The van der Waals surface area contributed by atoms with Crippen LogP contribution in [0.3, 0.4) is 0 Å². The minimum atomic E-state index is -0.675. The smallest absolute Gasteiger partial charge is 0.373 e. The van der Waals surface area contributed by atoms with Crippen molar-refractivity contribution < 1.29 is 23.0 Å². The van der Waals surface area contributed by atoms with Crippen LogP contribution >= 0.6 is 0 Å². The maximum atomic E-state index is 13.4. The molecule has 0 saturated carbocycles. The molecule has 0 bridgehead atoms. The van der Waals surface area contributed by atoms with E-state index >= 15 is 0 Å². The maximum Gasteiger partial charge on any atom is 0.373 e. The van der Waals surface area contributed by atoms with E-state index in [1.165, 1.54) is 13.0 Å². The van der Waals surface area contributed by atoms with Gasteiger partial charge in [0.15, 0.2) is 0 Å². The van der Waals surface area contributed by atoms with E-state index in [-0.39, 0.29) is 30.1 Å². The van der Waals surface area contributed by atoms with E-state index in [1.807, 2.05) is 0 Å². The van der Waals surface area contributed by atoms with Gasteiger partial charge in [0.05, 0.1) is 13.2 Å². The van der Waals surface area contributed by atoms with Gasteiger partial charge in [-0.15, -0.1) is 0 Å². The molecular formula is C14H16F2O3. The number of carbonyl (C=O) groups excluding carboxylic acids is 1. The number of hydrogen-bond donors (Lipinski definition) is 0. The van der Waals surface area contributed by atoms with Crippen molar-refractivity contribution in [1.29, 1.82) is 0 Å². The average molecular weight is 270 g/mol. The maximum absolute atomic E-state index is 13.4. The number of hydrogen-bond acceptors (Lipinski definition) is 3. The van der Waals surface area contributed by atoms with Crippen molar-refractivity contribution >= 4 is 12.0 Å². The SMILES string of the molecule is CCOC(=O)/C(=C/c1cc(F)c(C)c(F)c1)OCC. The summed E-state index contributed by atoms with van der Waals surface area (Å²) in [5.74, 6) is -2.09.